The van der Waals surface area contributed by atoms with Crippen LogP contribution in [0.25, 0.3) is 0 Å². The maximum absolute atomic E-state index is 13.1. The molecule has 1 aliphatic heterocycles. The molecule has 1 heterocycles. The van der Waals surface area contributed by atoms with E-state index < -0.39 is 0 Å². The first-order chi connectivity index (χ1) is 12.2. The number of para-hydroxylation sites is 1. The van der Waals surface area contributed by atoms with E-state index in [0.717, 1.165) is 43.7 Å². The van der Waals surface area contributed by atoms with Gasteiger partial charge < -0.3 is 10.4 Å². The quantitative estimate of drug-likeness (QED) is 0.826. The zero-order valence-corrected chi connectivity index (χ0v) is 14.8. The Morgan fingerprint density at radius 2 is 1.80 bits per heavy atom. The van der Waals surface area contributed by atoms with E-state index in [1.54, 1.807) is 0 Å². The summed E-state index contributed by atoms with van der Waals surface area (Å²) in [4.78, 5) is 2.45. The van der Waals surface area contributed by atoms with Gasteiger partial charge in [0.05, 0.1) is 0 Å². The number of likely N-dealkylation sites (tertiary alicyclic amines) is 1. The molecule has 0 aromatic heterocycles. The summed E-state index contributed by atoms with van der Waals surface area (Å²) in [5.74, 6) is 0.255. The van der Waals surface area contributed by atoms with E-state index in [1.165, 1.54) is 17.7 Å². The molecule has 1 unspecified atom stereocenters. The third-order valence-corrected chi connectivity index (χ3v) is 5.12. The highest BCUT2D eigenvalue weighted by atomic mass is 19.1. The summed E-state index contributed by atoms with van der Waals surface area (Å²) in [7, 11) is 0. The molecule has 2 N–H and O–H groups in total. The van der Waals surface area contributed by atoms with E-state index in [0.29, 0.717) is 12.5 Å². The number of aliphatic hydroxyl groups excluding tert-OH is 1. The Morgan fingerprint density at radius 3 is 2.48 bits per heavy atom. The molecule has 3 nitrogen and oxygen atoms in total. The van der Waals surface area contributed by atoms with Crippen molar-refractivity contribution in [3.8, 4) is 0 Å². The lowest BCUT2D eigenvalue weighted by Crippen LogP contribution is -2.34. The Morgan fingerprint density at radius 1 is 1.12 bits per heavy atom. The van der Waals surface area contributed by atoms with Crippen LogP contribution in [0.5, 0.6) is 0 Å². The van der Waals surface area contributed by atoms with E-state index in [2.05, 4.69) is 35.3 Å². The lowest BCUT2D eigenvalue weighted by atomic mass is 9.97. The molecule has 25 heavy (non-hydrogen) atoms. The number of piperidine rings is 1. The number of aliphatic hydroxyl groups is 1. The first-order valence-electron chi connectivity index (χ1n) is 9.09. The van der Waals surface area contributed by atoms with E-state index in [4.69, 9.17) is 0 Å². The minimum atomic E-state index is -0.206. The Kier molecular flexibility index (Phi) is 6.05. The molecule has 2 aromatic rings. The second-order valence-electron chi connectivity index (χ2n) is 6.98. The highest BCUT2D eigenvalue weighted by Crippen LogP contribution is 2.25. The van der Waals surface area contributed by atoms with E-state index in [1.807, 2.05) is 18.2 Å². The van der Waals surface area contributed by atoms with Gasteiger partial charge in [0, 0.05) is 24.9 Å². The van der Waals surface area contributed by atoms with Gasteiger partial charge in [-0.2, -0.15) is 0 Å². The molecule has 1 aliphatic rings. The lowest BCUT2D eigenvalue weighted by Gasteiger charge is -2.31. The van der Waals surface area contributed by atoms with Crippen LogP contribution in [0.1, 0.15) is 36.9 Å². The fourth-order valence-electron chi connectivity index (χ4n) is 3.44. The predicted octanol–water partition coefficient (Wildman–Crippen LogP) is 4.20. The van der Waals surface area contributed by atoms with Crippen molar-refractivity contribution in [2.75, 3.05) is 25.0 Å². The van der Waals surface area contributed by atoms with Gasteiger partial charge in [-0.05, 0) is 68.1 Å². The summed E-state index contributed by atoms with van der Waals surface area (Å²) in [6, 6.07) is 15.2. The Balaban J connectivity index is 1.65. The van der Waals surface area contributed by atoms with Gasteiger partial charge in [-0.1, -0.05) is 30.3 Å². The van der Waals surface area contributed by atoms with Crippen molar-refractivity contribution in [2.24, 2.45) is 5.92 Å². The minimum absolute atomic E-state index is 0.113. The molecule has 0 amide bonds. The number of halogens is 1. The summed E-state index contributed by atoms with van der Waals surface area (Å²) in [5, 5.41) is 12.9. The smallest absolute Gasteiger partial charge is 0.123 e. The van der Waals surface area contributed by atoms with E-state index in [-0.39, 0.29) is 11.9 Å². The Bertz CT molecular complexity index is 666. The van der Waals surface area contributed by atoms with Crippen LogP contribution < -0.4 is 5.32 Å². The molecule has 4 heteroatoms. The fourth-order valence-corrected chi connectivity index (χ4v) is 3.44. The third kappa shape index (κ3) is 4.80. The van der Waals surface area contributed by atoms with Crippen LogP contribution in [0, 0.1) is 11.7 Å². The summed E-state index contributed by atoms with van der Waals surface area (Å²) in [5.41, 5.74) is 3.47. The van der Waals surface area contributed by atoms with Gasteiger partial charge in [0.25, 0.3) is 0 Å². The van der Waals surface area contributed by atoms with Crippen molar-refractivity contribution >= 4 is 5.69 Å². The number of rotatable bonds is 6. The van der Waals surface area contributed by atoms with Gasteiger partial charge in [-0.3, -0.25) is 4.90 Å². The molecule has 1 atom stereocenters. The molecule has 1 fully saturated rings. The van der Waals surface area contributed by atoms with Crippen LogP contribution in [0.2, 0.25) is 0 Å². The molecule has 0 aliphatic carbocycles. The molecule has 1 saturated heterocycles. The average Bonchev–Trinajstić information content (AvgIpc) is 2.64. The molecule has 3 rings (SSSR count). The first kappa shape index (κ1) is 17.9. The van der Waals surface area contributed by atoms with Crippen LogP contribution in [0.15, 0.2) is 48.5 Å². The maximum Gasteiger partial charge on any atom is 0.123 e. The highest BCUT2D eigenvalue weighted by molar-refractivity contribution is 5.52. The minimum Gasteiger partial charge on any atom is -0.396 e. The number of hydrogen-bond donors (Lipinski definition) is 2. The van der Waals surface area contributed by atoms with Gasteiger partial charge in [0.15, 0.2) is 0 Å². The van der Waals surface area contributed by atoms with Gasteiger partial charge in [-0.25, -0.2) is 4.39 Å². The number of anilines is 1. The van der Waals surface area contributed by atoms with Gasteiger partial charge >= 0.3 is 0 Å². The first-order valence-corrected chi connectivity index (χ1v) is 9.09. The molecule has 2 aromatic carbocycles. The molecule has 0 bridgehead atoms. The fraction of sp³-hybridized carbons (Fsp3) is 0.429. The largest absolute Gasteiger partial charge is 0.396 e. The topological polar surface area (TPSA) is 35.5 Å². The number of nitrogens with one attached hydrogen (secondary N) is 1. The second kappa shape index (κ2) is 8.45. The normalized spacial score (nSPS) is 17.4. The predicted molar refractivity (Wildman–Crippen MR) is 100.0 cm³/mol. The number of benzene rings is 2. The number of hydrogen-bond acceptors (Lipinski definition) is 3. The van der Waals surface area contributed by atoms with Crippen LogP contribution in [0.4, 0.5) is 10.1 Å². The summed E-state index contributed by atoms with van der Waals surface area (Å²) in [6.45, 7) is 5.38. The zero-order chi connectivity index (χ0) is 17.6. The van der Waals surface area contributed by atoms with Gasteiger partial charge in [0.2, 0.25) is 0 Å². The van der Waals surface area contributed by atoms with Crippen LogP contribution in [0.3, 0.4) is 0 Å². The monoisotopic (exact) mass is 342 g/mol. The molecule has 134 valence electrons. The second-order valence-corrected chi connectivity index (χ2v) is 6.98. The summed E-state index contributed by atoms with van der Waals surface area (Å²) >= 11 is 0. The molecular weight excluding hydrogens is 315 g/mol. The summed E-state index contributed by atoms with van der Waals surface area (Å²) < 4.78 is 13.1. The van der Waals surface area contributed by atoms with Crippen LogP contribution in [-0.4, -0.2) is 29.7 Å². The molecule has 0 saturated carbocycles. The molecule has 0 radical (unpaired) electrons. The average molecular weight is 342 g/mol. The van der Waals surface area contributed by atoms with Gasteiger partial charge in [-0.15, -0.1) is 0 Å². The Hall–Kier alpha value is -1.91. The Labute approximate surface area is 149 Å². The van der Waals surface area contributed by atoms with Crippen molar-refractivity contribution in [1.82, 2.24) is 4.90 Å². The highest BCUT2D eigenvalue weighted by Gasteiger charge is 2.19. The standard InChI is InChI=1S/C21H27FN2O/c1-16(18-6-8-20(22)9-7-18)23-21-5-3-2-4-19(21)14-24-12-10-17(15-25)11-13-24/h2-9,16-17,23,25H,10-15H2,1H3. The van der Waals surface area contributed by atoms with Crippen LogP contribution >= 0.6 is 0 Å². The SMILES string of the molecule is CC(Nc1ccccc1CN1CCC(CO)CC1)c1ccc(F)cc1. The van der Waals surface area contributed by atoms with Crippen molar-refractivity contribution in [2.45, 2.75) is 32.4 Å². The maximum atomic E-state index is 13.1. The van der Waals surface area contributed by atoms with Crippen LogP contribution in [-0.2, 0) is 6.54 Å². The van der Waals surface area contributed by atoms with E-state index in [9.17, 15) is 9.50 Å². The summed E-state index contributed by atoms with van der Waals surface area (Å²) in [6.07, 6.45) is 2.14. The zero-order valence-electron chi connectivity index (χ0n) is 14.8. The van der Waals surface area contributed by atoms with Crippen molar-refractivity contribution < 1.29 is 9.50 Å². The van der Waals surface area contributed by atoms with Crippen molar-refractivity contribution in [3.05, 3.63) is 65.5 Å². The molecular formula is C21H27FN2O. The van der Waals surface area contributed by atoms with Gasteiger partial charge in [0.1, 0.15) is 5.82 Å². The van der Waals surface area contributed by atoms with Crippen molar-refractivity contribution in [3.63, 3.8) is 0 Å². The molecule has 0 spiro atoms. The number of nitrogens with zero attached hydrogens (tertiary/aromatic N) is 1. The van der Waals surface area contributed by atoms with Crippen molar-refractivity contribution in [1.29, 1.82) is 0 Å². The lowest BCUT2D eigenvalue weighted by molar-refractivity contribution is 0.127. The third-order valence-electron chi connectivity index (χ3n) is 5.12. The van der Waals surface area contributed by atoms with E-state index >= 15 is 0 Å².